The molecule has 5 unspecified atom stereocenters. The van der Waals surface area contributed by atoms with E-state index in [9.17, 15) is 5.11 Å². The van der Waals surface area contributed by atoms with Gasteiger partial charge in [-0.25, -0.2) is 0 Å². The van der Waals surface area contributed by atoms with E-state index in [0.717, 1.165) is 18.3 Å². The van der Waals surface area contributed by atoms with Crippen LogP contribution in [-0.4, -0.2) is 11.2 Å². The zero-order chi connectivity index (χ0) is 11.6. The molecule has 0 spiro atoms. The lowest BCUT2D eigenvalue weighted by atomic mass is 9.37. The molecule has 0 aromatic heterocycles. The zero-order valence-electron chi connectivity index (χ0n) is 11.0. The van der Waals surface area contributed by atoms with Gasteiger partial charge in [-0.1, -0.05) is 33.6 Å². The second-order valence-electron chi connectivity index (χ2n) is 7.70. The van der Waals surface area contributed by atoms with Crippen molar-refractivity contribution in [3.05, 3.63) is 0 Å². The Balaban J connectivity index is 1.88. The Hall–Kier alpha value is -0.0400. The van der Waals surface area contributed by atoms with Gasteiger partial charge in [-0.15, -0.1) is 0 Å². The summed E-state index contributed by atoms with van der Waals surface area (Å²) in [5, 5.41) is 10.4. The average molecular weight is 222 g/mol. The molecule has 0 bridgehead atoms. The lowest BCUT2D eigenvalue weighted by Crippen LogP contribution is -2.64. The summed E-state index contributed by atoms with van der Waals surface area (Å²) in [7, 11) is 0. The summed E-state index contributed by atoms with van der Waals surface area (Å²) < 4.78 is 0. The summed E-state index contributed by atoms with van der Waals surface area (Å²) in [5.41, 5.74) is 0.819. The Morgan fingerprint density at radius 2 is 1.75 bits per heavy atom. The van der Waals surface area contributed by atoms with Crippen LogP contribution in [0.4, 0.5) is 0 Å². The Kier molecular flexibility index (Phi) is 2.25. The number of rotatable bonds is 0. The Morgan fingerprint density at radius 1 is 1.06 bits per heavy atom. The van der Waals surface area contributed by atoms with Crippen LogP contribution in [-0.2, 0) is 0 Å². The van der Waals surface area contributed by atoms with Gasteiger partial charge in [-0.3, -0.25) is 0 Å². The lowest BCUT2D eigenvalue weighted by Gasteiger charge is -2.68. The molecule has 0 aromatic rings. The molecule has 0 saturated heterocycles. The third kappa shape index (κ3) is 1.33. The minimum absolute atomic E-state index is 0.0203. The molecular weight excluding hydrogens is 196 g/mol. The van der Waals surface area contributed by atoms with E-state index in [2.05, 4.69) is 20.8 Å². The van der Waals surface area contributed by atoms with Crippen molar-refractivity contribution in [2.24, 2.45) is 28.6 Å². The van der Waals surface area contributed by atoms with Crippen molar-refractivity contribution in [1.82, 2.24) is 0 Å². The van der Waals surface area contributed by atoms with Gasteiger partial charge in [0.2, 0.25) is 0 Å². The normalized spacial score (nSPS) is 54.8. The number of hydrogen-bond acceptors (Lipinski definition) is 1. The van der Waals surface area contributed by atoms with Crippen LogP contribution in [0.1, 0.15) is 59.3 Å². The topological polar surface area (TPSA) is 20.2 Å². The third-order valence-electron chi connectivity index (χ3n) is 5.92. The molecule has 5 atom stereocenters. The van der Waals surface area contributed by atoms with E-state index < -0.39 is 0 Å². The average Bonchev–Trinajstić information content (AvgIpc) is 2.14. The molecule has 3 fully saturated rings. The summed E-state index contributed by atoms with van der Waals surface area (Å²) in [5.74, 6) is 2.43. The lowest BCUT2D eigenvalue weighted by molar-refractivity contribution is -0.228. The fraction of sp³-hybridized carbons (Fsp3) is 1.00. The van der Waals surface area contributed by atoms with Crippen LogP contribution in [0.5, 0.6) is 0 Å². The molecule has 3 aliphatic carbocycles. The van der Waals surface area contributed by atoms with Crippen LogP contribution in [0, 0.1) is 28.6 Å². The first-order chi connectivity index (χ1) is 7.44. The predicted octanol–water partition coefficient (Wildman–Crippen LogP) is 3.61. The summed E-state index contributed by atoms with van der Waals surface area (Å²) in [4.78, 5) is 0. The fourth-order valence-corrected chi connectivity index (χ4v) is 5.80. The van der Waals surface area contributed by atoms with Crippen molar-refractivity contribution in [1.29, 1.82) is 0 Å². The molecule has 3 rings (SSSR count). The molecule has 0 heterocycles. The first-order valence-corrected chi connectivity index (χ1v) is 7.12. The highest BCUT2D eigenvalue weighted by Gasteiger charge is 2.64. The van der Waals surface area contributed by atoms with Crippen LogP contribution in [0.2, 0.25) is 0 Å². The maximum absolute atomic E-state index is 10.4. The van der Waals surface area contributed by atoms with Crippen molar-refractivity contribution >= 4 is 0 Å². The quantitative estimate of drug-likeness (QED) is 0.664. The van der Waals surface area contributed by atoms with Gasteiger partial charge < -0.3 is 5.11 Å². The number of aliphatic hydroxyl groups excluding tert-OH is 1. The second kappa shape index (κ2) is 3.25. The second-order valence-corrected chi connectivity index (χ2v) is 7.70. The first-order valence-electron chi connectivity index (χ1n) is 7.12. The fourth-order valence-electron chi connectivity index (χ4n) is 5.80. The molecule has 1 heteroatoms. The highest BCUT2D eigenvalue weighted by molar-refractivity contribution is 5.13. The Bertz CT molecular complexity index is 296. The maximum Gasteiger partial charge on any atom is 0.0581 e. The SMILES string of the molecule is CC1(C)CC(O)C2C3CCCCC3C2(C)C1. The predicted molar refractivity (Wildman–Crippen MR) is 66.1 cm³/mol. The largest absolute Gasteiger partial charge is 0.393 e. The standard InChI is InChI=1S/C15H26O/c1-14(2)8-12(16)13-10-6-4-5-7-11(10)15(13,3)9-14/h10-13,16H,4-9H2,1-3H3. The summed E-state index contributed by atoms with van der Waals surface area (Å²) in [6, 6.07) is 0. The summed E-state index contributed by atoms with van der Waals surface area (Å²) in [6.07, 6.45) is 8.00. The molecule has 0 radical (unpaired) electrons. The van der Waals surface area contributed by atoms with E-state index in [0.29, 0.717) is 16.7 Å². The molecular formula is C15H26O. The van der Waals surface area contributed by atoms with Gasteiger partial charge in [-0.2, -0.15) is 0 Å². The van der Waals surface area contributed by atoms with E-state index in [-0.39, 0.29) is 6.10 Å². The molecule has 0 aromatic carbocycles. The first kappa shape index (κ1) is 11.1. The summed E-state index contributed by atoms with van der Waals surface area (Å²) in [6.45, 7) is 7.15. The van der Waals surface area contributed by atoms with Crippen LogP contribution < -0.4 is 0 Å². The third-order valence-corrected chi connectivity index (χ3v) is 5.92. The van der Waals surface area contributed by atoms with Crippen molar-refractivity contribution in [3.8, 4) is 0 Å². The van der Waals surface area contributed by atoms with Crippen LogP contribution >= 0.6 is 0 Å². The number of hydrogen-bond donors (Lipinski definition) is 1. The van der Waals surface area contributed by atoms with Gasteiger partial charge in [-0.05, 0) is 54.3 Å². The molecule has 16 heavy (non-hydrogen) atoms. The highest BCUT2D eigenvalue weighted by Crippen LogP contribution is 2.69. The zero-order valence-corrected chi connectivity index (χ0v) is 11.0. The Morgan fingerprint density at radius 3 is 2.50 bits per heavy atom. The monoisotopic (exact) mass is 222 g/mol. The van der Waals surface area contributed by atoms with Crippen LogP contribution in [0.15, 0.2) is 0 Å². The molecule has 1 nitrogen and oxygen atoms in total. The minimum atomic E-state index is -0.0203. The number of fused-ring (bicyclic) bond motifs is 4. The van der Waals surface area contributed by atoms with Gasteiger partial charge in [0.25, 0.3) is 0 Å². The molecule has 0 amide bonds. The van der Waals surface area contributed by atoms with E-state index in [1.54, 1.807) is 0 Å². The Labute approximate surface area is 99.6 Å². The van der Waals surface area contributed by atoms with Gasteiger partial charge in [0.1, 0.15) is 0 Å². The highest BCUT2D eigenvalue weighted by atomic mass is 16.3. The van der Waals surface area contributed by atoms with Crippen molar-refractivity contribution in [2.75, 3.05) is 0 Å². The van der Waals surface area contributed by atoms with E-state index in [4.69, 9.17) is 0 Å². The van der Waals surface area contributed by atoms with Crippen molar-refractivity contribution in [3.63, 3.8) is 0 Å². The molecule has 3 aliphatic rings. The van der Waals surface area contributed by atoms with Crippen LogP contribution in [0.25, 0.3) is 0 Å². The van der Waals surface area contributed by atoms with E-state index in [1.807, 2.05) is 0 Å². The van der Waals surface area contributed by atoms with Gasteiger partial charge in [0.15, 0.2) is 0 Å². The molecule has 0 aliphatic heterocycles. The van der Waals surface area contributed by atoms with Gasteiger partial charge in [0, 0.05) is 0 Å². The molecule has 92 valence electrons. The van der Waals surface area contributed by atoms with Gasteiger partial charge >= 0.3 is 0 Å². The molecule has 3 saturated carbocycles. The maximum atomic E-state index is 10.4. The minimum Gasteiger partial charge on any atom is -0.393 e. The summed E-state index contributed by atoms with van der Waals surface area (Å²) >= 11 is 0. The number of aliphatic hydroxyl groups is 1. The van der Waals surface area contributed by atoms with E-state index in [1.165, 1.54) is 32.1 Å². The van der Waals surface area contributed by atoms with E-state index >= 15 is 0 Å². The molecule has 1 N–H and O–H groups in total. The smallest absolute Gasteiger partial charge is 0.0581 e. The van der Waals surface area contributed by atoms with Crippen molar-refractivity contribution in [2.45, 2.75) is 65.4 Å². The van der Waals surface area contributed by atoms with Crippen LogP contribution in [0.3, 0.4) is 0 Å². The van der Waals surface area contributed by atoms with Gasteiger partial charge in [0.05, 0.1) is 6.10 Å². The van der Waals surface area contributed by atoms with Crippen molar-refractivity contribution < 1.29 is 5.11 Å².